The Kier molecular flexibility index (Phi) is 3.41. The first-order chi connectivity index (χ1) is 11.5. The summed E-state index contributed by atoms with van der Waals surface area (Å²) >= 11 is 0. The highest BCUT2D eigenvalue weighted by atomic mass is 19.1. The van der Waals surface area contributed by atoms with Crippen molar-refractivity contribution in [1.82, 2.24) is 0 Å². The van der Waals surface area contributed by atoms with Gasteiger partial charge in [-0.15, -0.1) is 0 Å². The van der Waals surface area contributed by atoms with E-state index in [-0.39, 0.29) is 11.4 Å². The monoisotopic (exact) mass is 328 g/mol. The lowest BCUT2D eigenvalue weighted by atomic mass is 9.93. The number of anilines is 2. The molecule has 1 aromatic rings. The molecule has 1 aliphatic carbocycles. The number of halogens is 1. The highest BCUT2D eigenvalue weighted by Gasteiger charge is 2.35. The molecule has 1 saturated heterocycles. The number of aliphatic carboxylic acids is 1. The van der Waals surface area contributed by atoms with E-state index in [9.17, 15) is 14.3 Å². The molecule has 126 valence electrons. The van der Waals surface area contributed by atoms with E-state index in [1.165, 1.54) is 6.07 Å². The van der Waals surface area contributed by atoms with Gasteiger partial charge in [0.2, 0.25) is 0 Å². The molecule has 1 atom stereocenters. The molecule has 2 heterocycles. The van der Waals surface area contributed by atoms with Gasteiger partial charge in [-0.05, 0) is 42.9 Å². The highest BCUT2D eigenvalue weighted by molar-refractivity contribution is 6.08. The van der Waals surface area contributed by atoms with Gasteiger partial charge in [-0.2, -0.15) is 0 Å². The Morgan fingerprint density at radius 3 is 2.62 bits per heavy atom. The van der Waals surface area contributed by atoms with Gasteiger partial charge in [-0.3, -0.25) is 0 Å². The third kappa shape index (κ3) is 2.39. The summed E-state index contributed by atoms with van der Waals surface area (Å²) in [5, 5.41) is 9.42. The minimum Gasteiger partial charge on any atom is -0.478 e. The average molecular weight is 328 g/mol. The zero-order chi connectivity index (χ0) is 17.0. The molecule has 3 aliphatic rings. The fourth-order valence-corrected chi connectivity index (χ4v) is 3.67. The van der Waals surface area contributed by atoms with Crippen LogP contribution in [0.2, 0.25) is 0 Å². The molecule has 1 aromatic carbocycles. The molecule has 1 N–H and O–H groups in total. The summed E-state index contributed by atoms with van der Waals surface area (Å²) in [6, 6.07) is 3.64. The van der Waals surface area contributed by atoms with Crippen LogP contribution in [-0.2, 0) is 4.79 Å². The van der Waals surface area contributed by atoms with Crippen molar-refractivity contribution in [2.75, 3.05) is 22.9 Å². The van der Waals surface area contributed by atoms with Gasteiger partial charge < -0.3 is 14.9 Å². The van der Waals surface area contributed by atoms with Gasteiger partial charge in [0, 0.05) is 30.9 Å². The normalized spacial score (nSPS) is 23.3. The number of rotatable bonds is 3. The standard InChI is InChI=1S/C19H21FN2O2/c1-11-5-6-21(9-11)18-8-17-14(7-16(18)20)12(2)15(19(23)24)10-22(17)13-3-4-13/h7-8,10-11,13H,2-6,9H2,1H3,(H,23,24)/t11-/m0/s1. The fraction of sp³-hybridized carbons (Fsp3) is 0.421. The first-order valence-electron chi connectivity index (χ1n) is 8.47. The van der Waals surface area contributed by atoms with E-state index in [2.05, 4.69) is 18.4 Å². The Morgan fingerprint density at radius 2 is 2.04 bits per heavy atom. The Morgan fingerprint density at radius 1 is 1.29 bits per heavy atom. The van der Waals surface area contributed by atoms with Crippen molar-refractivity contribution in [3.05, 3.63) is 41.9 Å². The number of fused-ring (bicyclic) bond motifs is 1. The number of carboxylic acid groups (broad SMARTS) is 1. The number of benzene rings is 1. The van der Waals surface area contributed by atoms with E-state index in [4.69, 9.17) is 0 Å². The Labute approximate surface area is 140 Å². The largest absolute Gasteiger partial charge is 0.478 e. The van der Waals surface area contributed by atoms with Crippen LogP contribution < -0.4 is 9.80 Å². The maximum atomic E-state index is 14.7. The molecule has 1 saturated carbocycles. The zero-order valence-electron chi connectivity index (χ0n) is 13.8. The Bertz CT molecular complexity index is 767. The quantitative estimate of drug-likeness (QED) is 0.920. The maximum Gasteiger partial charge on any atom is 0.337 e. The van der Waals surface area contributed by atoms with Gasteiger partial charge in [0.1, 0.15) is 5.82 Å². The van der Waals surface area contributed by atoms with Crippen molar-refractivity contribution >= 4 is 22.9 Å². The van der Waals surface area contributed by atoms with Gasteiger partial charge in [-0.1, -0.05) is 13.5 Å². The van der Waals surface area contributed by atoms with E-state index < -0.39 is 5.97 Å². The Hall–Kier alpha value is -2.30. The van der Waals surface area contributed by atoms with Crippen LogP contribution in [-0.4, -0.2) is 30.2 Å². The summed E-state index contributed by atoms with van der Waals surface area (Å²) in [6.45, 7) is 7.79. The summed E-state index contributed by atoms with van der Waals surface area (Å²) in [6.07, 6.45) is 4.79. The predicted molar refractivity (Wildman–Crippen MR) is 92.6 cm³/mol. The lowest BCUT2D eigenvalue weighted by Gasteiger charge is -2.31. The van der Waals surface area contributed by atoms with Gasteiger partial charge in [0.05, 0.1) is 16.9 Å². The van der Waals surface area contributed by atoms with E-state index in [0.717, 1.165) is 38.0 Å². The second kappa shape index (κ2) is 5.36. The number of carboxylic acids is 1. The minimum absolute atomic E-state index is 0.149. The zero-order valence-corrected chi connectivity index (χ0v) is 13.8. The van der Waals surface area contributed by atoms with Gasteiger partial charge in [0.25, 0.3) is 0 Å². The van der Waals surface area contributed by atoms with Crippen LogP contribution in [0.1, 0.15) is 31.7 Å². The van der Waals surface area contributed by atoms with Crippen LogP contribution in [0.25, 0.3) is 5.57 Å². The number of carbonyl (C=O) groups is 1. The van der Waals surface area contributed by atoms with Gasteiger partial charge >= 0.3 is 5.97 Å². The summed E-state index contributed by atoms with van der Waals surface area (Å²) in [7, 11) is 0. The summed E-state index contributed by atoms with van der Waals surface area (Å²) < 4.78 is 14.7. The van der Waals surface area contributed by atoms with Crippen molar-refractivity contribution in [3.8, 4) is 0 Å². The molecule has 0 unspecified atom stereocenters. The lowest BCUT2D eigenvalue weighted by Crippen LogP contribution is -2.27. The van der Waals surface area contributed by atoms with Gasteiger partial charge in [-0.25, -0.2) is 9.18 Å². The average Bonchev–Trinajstić information content (AvgIpc) is 3.28. The molecule has 2 aliphatic heterocycles. The van der Waals surface area contributed by atoms with Crippen LogP contribution in [0.3, 0.4) is 0 Å². The van der Waals surface area contributed by atoms with Crippen molar-refractivity contribution in [2.45, 2.75) is 32.2 Å². The van der Waals surface area contributed by atoms with Crippen LogP contribution in [0.15, 0.2) is 30.5 Å². The third-order valence-corrected chi connectivity index (χ3v) is 5.20. The molecular weight excluding hydrogens is 307 g/mol. The second-order valence-corrected chi connectivity index (χ2v) is 7.13. The molecule has 0 aromatic heterocycles. The van der Waals surface area contributed by atoms with Crippen LogP contribution >= 0.6 is 0 Å². The summed E-state index contributed by atoms with van der Waals surface area (Å²) in [4.78, 5) is 15.6. The first kappa shape index (κ1) is 15.2. The molecule has 4 rings (SSSR count). The van der Waals surface area contributed by atoms with Crippen LogP contribution in [0.5, 0.6) is 0 Å². The van der Waals surface area contributed by atoms with E-state index in [0.29, 0.717) is 28.8 Å². The molecular formula is C19H21FN2O2. The van der Waals surface area contributed by atoms with Crippen molar-refractivity contribution in [1.29, 1.82) is 0 Å². The molecule has 5 heteroatoms. The third-order valence-electron chi connectivity index (χ3n) is 5.20. The topological polar surface area (TPSA) is 43.8 Å². The lowest BCUT2D eigenvalue weighted by molar-refractivity contribution is -0.132. The first-order valence-corrected chi connectivity index (χ1v) is 8.47. The maximum absolute atomic E-state index is 14.7. The molecule has 4 nitrogen and oxygen atoms in total. The number of hydrogen-bond donors (Lipinski definition) is 1. The van der Waals surface area contributed by atoms with Crippen LogP contribution in [0, 0.1) is 11.7 Å². The Balaban J connectivity index is 1.81. The molecule has 0 radical (unpaired) electrons. The van der Waals surface area contributed by atoms with E-state index >= 15 is 0 Å². The molecule has 0 amide bonds. The minimum atomic E-state index is -1.02. The summed E-state index contributed by atoms with van der Waals surface area (Å²) in [5.74, 6) is -0.756. The van der Waals surface area contributed by atoms with Crippen molar-refractivity contribution in [2.24, 2.45) is 5.92 Å². The summed E-state index contributed by atoms with van der Waals surface area (Å²) in [5.41, 5.74) is 2.62. The SMILES string of the molecule is C=C1C(C(=O)O)=CN(C2CC2)c2cc(N3CC[C@H](C)C3)c(F)cc21. The van der Waals surface area contributed by atoms with Gasteiger partial charge in [0.15, 0.2) is 0 Å². The molecule has 24 heavy (non-hydrogen) atoms. The highest BCUT2D eigenvalue weighted by Crippen LogP contribution is 2.44. The number of nitrogens with zero attached hydrogens (tertiary/aromatic N) is 2. The van der Waals surface area contributed by atoms with E-state index in [1.807, 2.05) is 11.0 Å². The predicted octanol–water partition coefficient (Wildman–Crippen LogP) is 3.64. The van der Waals surface area contributed by atoms with Crippen molar-refractivity contribution in [3.63, 3.8) is 0 Å². The van der Waals surface area contributed by atoms with Crippen molar-refractivity contribution < 1.29 is 14.3 Å². The molecule has 0 spiro atoms. The molecule has 2 fully saturated rings. The van der Waals surface area contributed by atoms with E-state index in [1.54, 1.807) is 6.20 Å². The van der Waals surface area contributed by atoms with Crippen LogP contribution in [0.4, 0.5) is 15.8 Å². The number of hydrogen-bond acceptors (Lipinski definition) is 3. The second-order valence-electron chi connectivity index (χ2n) is 7.13. The fourth-order valence-electron chi connectivity index (χ4n) is 3.67. The molecule has 0 bridgehead atoms. The smallest absolute Gasteiger partial charge is 0.337 e.